The number of rotatable bonds is 9. The monoisotopic (exact) mass is 384 g/mol. The molecule has 2 rings (SSSR count). The van der Waals surface area contributed by atoms with E-state index < -0.39 is 0 Å². The zero-order chi connectivity index (χ0) is 20.5. The van der Waals surface area contributed by atoms with Crippen LogP contribution in [0.25, 0.3) is 0 Å². The van der Waals surface area contributed by atoms with Gasteiger partial charge in [0.2, 0.25) is 0 Å². The van der Waals surface area contributed by atoms with Gasteiger partial charge in [-0.3, -0.25) is 9.59 Å². The summed E-state index contributed by atoms with van der Waals surface area (Å²) in [6.07, 6.45) is 0. The van der Waals surface area contributed by atoms with E-state index >= 15 is 0 Å². The highest BCUT2D eigenvalue weighted by Crippen LogP contribution is 2.23. The number of aromatic nitrogens is 1. The Hall–Kier alpha value is -2.93. The van der Waals surface area contributed by atoms with Gasteiger partial charge in [-0.05, 0) is 56.7 Å². The van der Waals surface area contributed by atoms with E-state index in [9.17, 15) is 9.59 Å². The highest BCUT2D eigenvalue weighted by molar-refractivity contribution is 6.04. The minimum Gasteiger partial charge on any atom is -0.383 e. The second kappa shape index (κ2) is 10.4. The van der Waals surface area contributed by atoms with E-state index in [2.05, 4.69) is 40.4 Å². The number of carbonyl (C=O) groups excluding carboxylic acids is 2. The topological polar surface area (TPSA) is 83.6 Å². The zero-order valence-electron chi connectivity index (χ0n) is 16.9. The molecule has 0 radical (unpaired) electrons. The maximum atomic E-state index is 12.6. The van der Waals surface area contributed by atoms with Crippen LogP contribution >= 0.6 is 0 Å². The number of aryl methyl sites for hydroxylation is 1. The van der Waals surface area contributed by atoms with Crippen LogP contribution in [-0.4, -0.2) is 50.1 Å². The van der Waals surface area contributed by atoms with Crippen LogP contribution in [0.15, 0.2) is 36.4 Å². The quantitative estimate of drug-likeness (QED) is 0.650. The van der Waals surface area contributed by atoms with Crippen molar-refractivity contribution in [1.29, 1.82) is 0 Å². The lowest BCUT2D eigenvalue weighted by molar-refractivity contribution is 0.0932. The molecule has 2 amide bonds. The Kier molecular flexibility index (Phi) is 7.95. The summed E-state index contributed by atoms with van der Waals surface area (Å²) < 4.78 is 4.90. The van der Waals surface area contributed by atoms with Gasteiger partial charge in [0.15, 0.2) is 0 Å². The van der Waals surface area contributed by atoms with Crippen molar-refractivity contribution >= 4 is 23.2 Å². The number of ether oxygens (including phenoxy) is 1. The van der Waals surface area contributed by atoms with Gasteiger partial charge in [0.1, 0.15) is 11.4 Å². The molecule has 0 atom stereocenters. The smallest absolute Gasteiger partial charge is 0.274 e. The van der Waals surface area contributed by atoms with Crippen molar-refractivity contribution in [2.75, 3.05) is 43.6 Å². The number of nitrogens with zero attached hydrogens (tertiary/aromatic N) is 2. The molecule has 2 N–H and O–H groups in total. The average molecular weight is 384 g/mol. The molecule has 0 fully saturated rings. The van der Waals surface area contributed by atoms with Crippen LogP contribution in [-0.2, 0) is 4.74 Å². The highest BCUT2D eigenvalue weighted by Gasteiger charge is 2.14. The molecular weight excluding hydrogens is 356 g/mol. The molecular formula is C21H28N4O3. The van der Waals surface area contributed by atoms with E-state index in [-0.39, 0.29) is 23.2 Å². The fourth-order valence-corrected chi connectivity index (χ4v) is 2.80. The van der Waals surface area contributed by atoms with Crippen molar-refractivity contribution in [3.05, 3.63) is 53.3 Å². The molecule has 0 bridgehead atoms. The van der Waals surface area contributed by atoms with Gasteiger partial charge >= 0.3 is 0 Å². The molecule has 28 heavy (non-hydrogen) atoms. The van der Waals surface area contributed by atoms with Gasteiger partial charge in [-0.1, -0.05) is 6.07 Å². The molecule has 1 aromatic heterocycles. The Labute approximate surface area is 166 Å². The number of hydrogen-bond acceptors (Lipinski definition) is 5. The van der Waals surface area contributed by atoms with Gasteiger partial charge in [-0.25, -0.2) is 4.98 Å². The maximum Gasteiger partial charge on any atom is 0.274 e. The number of amides is 2. The first-order chi connectivity index (χ1) is 13.5. The van der Waals surface area contributed by atoms with Crippen molar-refractivity contribution in [2.24, 2.45) is 0 Å². The first-order valence-corrected chi connectivity index (χ1v) is 9.41. The van der Waals surface area contributed by atoms with Gasteiger partial charge in [-0.15, -0.1) is 0 Å². The minimum absolute atomic E-state index is 0.187. The predicted octanol–water partition coefficient (Wildman–Crippen LogP) is 2.86. The molecule has 1 heterocycles. The third kappa shape index (κ3) is 5.53. The molecule has 7 heteroatoms. The Morgan fingerprint density at radius 1 is 1.07 bits per heavy atom. The van der Waals surface area contributed by atoms with Crippen molar-refractivity contribution in [3.8, 4) is 0 Å². The molecule has 0 spiro atoms. The van der Waals surface area contributed by atoms with Crippen LogP contribution in [0.3, 0.4) is 0 Å². The SMILES string of the molecule is CCN(CC)c1ccc(NC(=O)c2cccc(C(=O)NCCOC)n2)c(C)c1. The number of benzene rings is 1. The summed E-state index contributed by atoms with van der Waals surface area (Å²) in [5, 5.41) is 5.57. The van der Waals surface area contributed by atoms with E-state index in [1.807, 2.05) is 19.1 Å². The van der Waals surface area contributed by atoms with Crippen LogP contribution in [0, 0.1) is 6.92 Å². The van der Waals surface area contributed by atoms with Crippen LogP contribution in [0.4, 0.5) is 11.4 Å². The van der Waals surface area contributed by atoms with Crippen LogP contribution in [0.5, 0.6) is 0 Å². The summed E-state index contributed by atoms with van der Waals surface area (Å²) >= 11 is 0. The predicted molar refractivity (Wildman–Crippen MR) is 111 cm³/mol. The molecule has 1 aromatic carbocycles. The third-order valence-corrected chi connectivity index (χ3v) is 4.39. The molecule has 2 aromatic rings. The second-order valence-electron chi connectivity index (χ2n) is 6.28. The lowest BCUT2D eigenvalue weighted by Crippen LogP contribution is -2.28. The van der Waals surface area contributed by atoms with Crippen molar-refractivity contribution in [2.45, 2.75) is 20.8 Å². The molecule has 150 valence electrons. The Morgan fingerprint density at radius 3 is 2.36 bits per heavy atom. The van der Waals surface area contributed by atoms with Crippen LogP contribution < -0.4 is 15.5 Å². The Balaban J connectivity index is 2.10. The molecule has 0 unspecified atom stereocenters. The molecule has 0 aliphatic heterocycles. The van der Waals surface area contributed by atoms with Crippen molar-refractivity contribution in [3.63, 3.8) is 0 Å². The fourth-order valence-electron chi connectivity index (χ4n) is 2.80. The summed E-state index contributed by atoms with van der Waals surface area (Å²) in [5.74, 6) is -0.698. The summed E-state index contributed by atoms with van der Waals surface area (Å²) in [5.41, 5.74) is 3.18. The number of pyridine rings is 1. The Morgan fingerprint density at radius 2 is 1.75 bits per heavy atom. The average Bonchev–Trinajstić information content (AvgIpc) is 2.71. The van der Waals surface area contributed by atoms with E-state index in [0.717, 1.165) is 30.0 Å². The Bertz CT molecular complexity index is 819. The summed E-state index contributed by atoms with van der Waals surface area (Å²) in [6, 6.07) is 10.7. The fraction of sp³-hybridized carbons (Fsp3) is 0.381. The van der Waals surface area contributed by atoms with Crippen LogP contribution in [0.2, 0.25) is 0 Å². The normalized spacial score (nSPS) is 10.4. The van der Waals surface area contributed by atoms with Gasteiger partial charge < -0.3 is 20.3 Å². The molecule has 0 aliphatic carbocycles. The third-order valence-electron chi connectivity index (χ3n) is 4.39. The van der Waals surface area contributed by atoms with Gasteiger partial charge in [-0.2, -0.15) is 0 Å². The van der Waals surface area contributed by atoms with Gasteiger partial charge in [0, 0.05) is 38.1 Å². The molecule has 7 nitrogen and oxygen atoms in total. The number of anilines is 2. The van der Waals surface area contributed by atoms with E-state index in [4.69, 9.17) is 4.74 Å². The van der Waals surface area contributed by atoms with E-state index in [0.29, 0.717) is 13.2 Å². The largest absolute Gasteiger partial charge is 0.383 e. The summed E-state index contributed by atoms with van der Waals surface area (Å²) in [7, 11) is 1.56. The summed E-state index contributed by atoms with van der Waals surface area (Å²) in [6.45, 7) is 8.81. The van der Waals surface area contributed by atoms with E-state index in [1.165, 1.54) is 0 Å². The number of methoxy groups -OCH3 is 1. The second-order valence-corrected chi connectivity index (χ2v) is 6.28. The maximum absolute atomic E-state index is 12.6. The number of carbonyl (C=O) groups is 2. The van der Waals surface area contributed by atoms with Gasteiger partial charge in [0.05, 0.1) is 6.61 Å². The van der Waals surface area contributed by atoms with Crippen LogP contribution in [0.1, 0.15) is 40.4 Å². The lowest BCUT2D eigenvalue weighted by atomic mass is 10.1. The van der Waals surface area contributed by atoms with Crippen molar-refractivity contribution in [1.82, 2.24) is 10.3 Å². The number of hydrogen-bond donors (Lipinski definition) is 2. The van der Waals surface area contributed by atoms with Crippen molar-refractivity contribution < 1.29 is 14.3 Å². The molecule has 0 saturated carbocycles. The molecule has 0 saturated heterocycles. The van der Waals surface area contributed by atoms with Gasteiger partial charge in [0.25, 0.3) is 11.8 Å². The zero-order valence-corrected chi connectivity index (χ0v) is 16.9. The first kappa shape index (κ1) is 21.4. The molecule has 0 aliphatic rings. The first-order valence-electron chi connectivity index (χ1n) is 9.41. The standard InChI is InChI=1S/C21H28N4O3/c1-5-25(6-2)16-10-11-17(15(3)14-16)24-21(27)19-9-7-8-18(23-19)20(26)22-12-13-28-4/h7-11,14H,5-6,12-13H2,1-4H3,(H,22,26)(H,24,27). The summed E-state index contributed by atoms with van der Waals surface area (Å²) in [4.78, 5) is 31.1. The number of nitrogens with one attached hydrogen (secondary N) is 2. The van der Waals surface area contributed by atoms with E-state index in [1.54, 1.807) is 25.3 Å². The minimum atomic E-state index is -0.356. The highest BCUT2D eigenvalue weighted by atomic mass is 16.5. The lowest BCUT2D eigenvalue weighted by Gasteiger charge is -2.22.